The van der Waals surface area contributed by atoms with Crippen molar-refractivity contribution in [3.05, 3.63) is 18.2 Å². The SMILES string of the molecule is CCC(CC)C(=O)N=C1S[C@@H]2CS(=O)(=O)C[C@H]2N1c1ccc2c(c1)OCCO2. The standard InChI is InChI=1S/C19H24N2O5S2/c1-3-12(4-2)18(22)20-19-21(14-10-28(23,24)11-17(14)27-19)13-5-6-15-16(9-13)26-8-7-25-15/h5-6,9,12,14,17H,3-4,7-8,10-11H2,1-2H3/t14-,17-/m1/s1. The van der Waals surface area contributed by atoms with E-state index < -0.39 is 9.84 Å². The van der Waals surface area contributed by atoms with Gasteiger partial charge < -0.3 is 14.4 Å². The number of hydrogen-bond donors (Lipinski definition) is 0. The quantitative estimate of drug-likeness (QED) is 0.734. The number of thioether (sulfide) groups is 1. The third-order valence-corrected chi connectivity index (χ3v) is 8.62. The van der Waals surface area contributed by atoms with E-state index in [1.807, 2.05) is 36.9 Å². The van der Waals surface area contributed by atoms with Crippen LogP contribution in [-0.4, -0.2) is 55.5 Å². The summed E-state index contributed by atoms with van der Waals surface area (Å²) in [6.45, 7) is 4.94. The first kappa shape index (κ1) is 19.6. The molecule has 0 radical (unpaired) electrons. The molecule has 0 unspecified atom stereocenters. The number of benzene rings is 1. The van der Waals surface area contributed by atoms with Crippen LogP contribution >= 0.6 is 11.8 Å². The lowest BCUT2D eigenvalue weighted by Gasteiger charge is -2.27. The number of amidine groups is 1. The van der Waals surface area contributed by atoms with Gasteiger partial charge in [-0.3, -0.25) is 4.79 Å². The van der Waals surface area contributed by atoms with Crippen LogP contribution in [0.5, 0.6) is 11.5 Å². The highest BCUT2D eigenvalue weighted by Gasteiger charge is 2.49. The number of carbonyl (C=O) groups is 1. The number of ether oxygens (including phenoxy) is 2. The molecule has 1 aromatic carbocycles. The van der Waals surface area contributed by atoms with Gasteiger partial charge >= 0.3 is 0 Å². The highest BCUT2D eigenvalue weighted by molar-refractivity contribution is 8.16. The normalized spacial score (nSPS) is 26.7. The number of sulfone groups is 1. The Labute approximate surface area is 169 Å². The first-order chi connectivity index (χ1) is 13.4. The number of nitrogens with zero attached hydrogens (tertiary/aromatic N) is 2. The number of anilines is 1. The van der Waals surface area contributed by atoms with Gasteiger partial charge in [0, 0.05) is 22.9 Å². The minimum atomic E-state index is -3.10. The van der Waals surface area contributed by atoms with E-state index in [0.717, 1.165) is 18.5 Å². The largest absolute Gasteiger partial charge is 0.486 e. The molecule has 0 spiro atoms. The van der Waals surface area contributed by atoms with Crippen molar-refractivity contribution in [3.8, 4) is 11.5 Å². The summed E-state index contributed by atoms with van der Waals surface area (Å²) in [5, 5.41) is 0.463. The molecule has 2 atom stereocenters. The zero-order valence-electron chi connectivity index (χ0n) is 16.0. The Kier molecular flexibility index (Phi) is 5.30. The molecule has 0 bridgehead atoms. The number of amides is 1. The Balaban J connectivity index is 1.72. The van der Waals surface area contributed by atoms with Crippen molar-refractivity contribution >= 4 is 38.4 Å². The predicted molar refractivity (Wildman–Crippen MR) is 110 cm³/mol. The summed E-state index contributed by atoms with van der Waals surface area (Å²) in [7, 11) is -3.10. The summed E-state index contributed by atoms with van der Waals surface area (Å²) in [5.41, 5.74) is 0.775. The van der Waals surface area contributed by atoms with Crippen LogP contribution in [0.1, 0.15) is 26.7 Å². The molecule has 3 aliphatic heterocycles. The number of fused-ring (bicyclic) bond motifs is 2. The molecule has 1 amide bonds. The van der Waals surface area contributed by atoms with Gasteiger partial charge in [0.15, 0.2) is 26.5 Å². The van der Waals surface area contributed by atoms with Crippen molar-refractivity contribution in [2.24, 2.45) is 10.9 Å². The zero-order chi connectivity index (χ0) is 19.9. The van der Waals surface area contributed by atoms with Gasteiger partial charge in [0.1, 0.15) is 13.2 Å². The average molecular weight is 425 g/mol. The Morgan fingerprint density at radius 3 is 2.64 bits per heavy atom. The van der Waals surface area contributed by atoms with E-state index >= 15 is 0 Å². The van der Waals surface area contributed by atoms with Gasteiger partial charge in [0.2, 0.25) is 0 Å². The first-order valence-electron chi connectivity index (χ1n) is 9.60. The molecular formula is C19H24N2O5S2. The summed E-state index contributed by atoms with van der Waals surface area (Å²) < 4.78 is 35.6. The summed E-state index contributed by atoms with van der Waals surface area (Å²) in [6.07, 6.45) is 1.48. The summed E-state index contributed by atoms with van der Waals surface area (Å²) >= 11 is 1.39. The van der Waals surface area contributed by atoms with Crippen LogP contribution in [0.3, 0.4) is 0 Å². The fourth-order valence-electron chi connectivity index (χ4n) is 3.87. The summed E-state index contributed by atoms with van der Waals surface area (Å²) in [6, 6.07) is 5.31. The molecule has 3 heterocycles. The van der Waals surface area contributed by atoms with Gasteiger partial charge in [-0.2, -0.15) is 4.99 Å². The number of carbonyl (C=O) groups excluding carboxylic acids is 1. The maximum Gasteiger partial charge on any atom is 0.251 e. The van der Waals surface area contributed by atoms with E-state index in [-0.39, 0.29) is 34.6 Å². The maximum absolute atomic E-state index is 12.6. The lowest BCUT2D eigenvalue weighted by atomic mass is 10.0. The van der Waals surface area contributed by atoms with Gasteiger partial charge in [-0.1, -0.05) is 25.6 Å². The van der Waals surface area contributed by atoms with Crippen LogP contribution in [-0.2, 0) is 14.6 Å². The van der Waals surface area contributed by atoms with Crippen LogP contribution < -0.4 is 14.4 Å². The Morgan fingerprint density at radius 2 is 1.93 bits per heavy atom. The van der Waals surface area contributed by atoms with Crippen molar-refractivity contribution < 1.29 is 22.7 Å². The number of aliphatic imine (C=N–C) groups is 1. The molecule has 0 aromatic heterocycles. The molecule has 9 heteroatoms. The molecule has 0 saturated carbocycles. The average Bonchev–Trinajstić information content (AvgIpc) is 3.13. The van der Waals surface area contributed by atoms with E-state index in [9.17, 15) is 13.2 Å². The van der Waals surface area contributed by atoms with Gasteiger partial charge in [0.25, 0.3) is 5.91 Å². The van der Waals surface area contributed by atoms with E-state index in [1.165, 1.54) is 11.8 Å². The first-order valence-corrected chi connectivity index (χ1v) is 12.3. The molecular weight excluding hydrogens is 400 g/mol. The molecule has 1 aromatic rings. The molecule has 3 aliphatic rings. The second-order valence-corrected chi connectivity index (χ2v) is 10.6. The van der Waals surface area contributed by atoms with Crippen molar-refractivity contribution in [1.29, 1.82) is 0 Å². The topological polar surface area (TPSA) is 85.3 Å². The Bertz CT molecular complexity index is 911. The van der Waals surface area contributed by atoms with Crippen molar-refractivity contribution in [2.45, 2.75) is 38.0 Å². The van der Waals surface area contributed by atoms with Gasteiger partial charge in [-0.25, -0.2) is 8.42 Å². The molecule has 4 rings (SSSR count). The third kappa shape index (κ3) is 3.61. The second-order valence-electron chi connectivity index (χ2n) is 7.24. The lowest BCUT2D eigenvalue weighted by Crippen LogP contribution is -2.38. The van der Waals surface area contributed by atoms with Crippen LogP contribution in [0.25, 0.3) is 0 Å². The minimum absolute atomic E-state index is 0.0668. The number of hydrogen-bond acceptors (Lipinski definition) is 6. The Hall–Kier alpha value is -1.74. The molecule has 28 heavy (non-hydrogen) atoms. The predicted octanol–water partition coefficient (Wildman–Crippen LogP) is 2.50. The van der Waals surface area contributed by atoms with Crippen LogP contribution in [0.4, 0.5) is 5.69 Å². The second kappa shape index (κ2) is 7.59. The Morgan fingerprint density at radius 1 is 1.21 bits per heavy atom. The van der Waals surface area contributed by atoms with Crippen LogP contribution in [0, 0.1) is 5.92 Å². The lowest BCUT2D eigenvalue weighted by molar-refractivity contribution is -0.121. The smallest absolute Gasteiger partial charge is 0.251 e. The van der Waals surface area contributed by atoms with Crippen LogP contribution in [0.2, 0.25) is 0 Å². The molecule has 0 aliphatic carbocycles. The van der Waals surface area contributed by atoms with Gasteiger partial charge in [-0.05, 0) is 25.0 Å². The third-order valence-electron chi connectivity index (χ3n) is 5.41. The fourth-order valence-corrected chi connectivity index (χ4v) is 7.79. The van der Waals surface area contributed by atoms with E-state index in [2.05, 4.69) is 4.99 Å². The summed E-state index contributed by atoms with van der Waals surface area (Å²) in [5.74, 6) is 1.23. The van der Waals surface area contributed by atoms with Crippen molar-refractivity contribution in [2.75, 3.05) is 29.6 Å². The molecule has 152 valence electrons. The molecule has 0 N–H and O–H groups in total. The molecule has 2 saturated heterocycles. The van der Waals surface area contributed by atoms with E-state index in [1.54, 1.807) is 0 Å². The van der Waals surface area contributed by atoms with E-state index in [4.69, 9.17) is 9.47 Å². The van der Waals surface area contributed by atoms with Crippen LogP contribution in [0.15, 0.2) is 23.2 Å². The van der Waals surface area contributed by atoms with E-state index in [0.29, 0.717) is 29.9 Å². The van der Waals surface area contributed by atoms with Crippen molar-refractivity contribution in [3.63, 3.8) is 0 Å². The zero-order valence-corrected chi connectivity index (χ0v) is 17.6. The number of rotatable bonds is 4. The highest BCUT2D eigenvalue weighted by Crippen LogP contribution is 2.43. The fraction of sp³-hybridized carbons (Fsp3) is 0.579. The highest BCUT2D eigenvalue weighted by atomic mass is 32.2. The van der Waals surface area contributed by atoms with Gasteiger partial charge in [0.05, 0.1) is 17.5 Å². The molecule has 7 nitrogen and oxygen atoms in total. The monoisotopic (exact) mass is 424 g/mol. The minimum Gasteiger partial charge on any atom is -0.486 e. The maximum atomic E-state index is 12.6. The van der Waals surface area contributed by atoms with Gasteiger partial charge in [-0.15, -0.1) is 0 Å². The van der Waals surface area contributed by atoms with Crippen molar-refractivity contribution in [1.82, 2.24) is 0 Å². The molecule has 2 fully saturated rings. The summed E-state index contributed by atoms with van der Waals surface area (Å²) in [4.78, 5) is 18.9.